The van der Waals surface area contributed by atoms with Crippen molar-refractivity contribution in [2.75, 3.05) is 0 Å². The number of hydrogen-bond acceptors (Lipinski definition) is 1. The van der Waals surface area contributed by atoms with Crippen molar-refractivity contribution in [2.45, 2.75) is 0 Å². The molecule has 0 aromatic heterocycles. The topological polar surface area (TPSA) is 20.2 Å². The van der Waals surface area contributed by atoms with Crippen LogP contribution in [0.1, 0.15) is 0 Å². The lowest BCUT2D eigenvalue weighted by molar-refractivity contribution is 0.426. The molecule has 5 heteroatoms. The lowest BCUT2D eigenvalue weighted by atomic mass is 10.2. The molecular weight excluding hydrogens is 230 g/mol. The van der Waals surface area contributed by atoms with E-state index in [2.05, 4.69) is 6.08 Å². The van der Waals surface area contributed by atoms with Crippen LogP contribution in [0.4, 0.5) is 0 Å². The zero-order chi connectivity index (χ0) is 8.59. The molecule has 1 nitrogen and oxygen atoms in total. The van der Waals surface area contributed by atoms with Crippen molar-refractivity contribution in [1.29, 1.82) is 0 Å². The van der Waals surface area contributed by atoms with Crippen molar-refractivity contribution in [3.63, 3.8) is 0 Å². The van der Waals surface area contributed by atoms with Gasteiger partial charge in [-0.2, -0.15) is 0 Å². The standard InChI is InChI=1S/C6Cl4O/c7-2-1-3(11)5(9)6(10)4(2)8/p+1. The lowest BCUT2D eigenvalue weighted by Crippen LogP contribution is -1.93. The molecule has 0 saturated heterocycles. The van der Waals surface area contributed by atoms with Crippen molar-refractivity contribution in [1.82, 2.24) is 0 Å². The number of allylic oxidation sites excluding steroid dienone is 5. The zero-order valence-corrected chi connectivity index (χ0v) is 7.98. The largest absolute Gasteiger partial charge is 0.480 e. The molecule has 0 saturated carbocycles. The summed E-state index contributed by atoms with van der Waals surface area (Å²) in [7, 11) is 0. The number of aliphatic hydroxyl groups excluding tert-OH is 1. The highest BCUT2D eigenvalue weighted by Gasteiger charge is 2.29. The molecule has 0 atom stereocenters. The van der Waals surface area contributed by atoms with E-state index in [-0.39, 0.29) is 25.9 Å². The van der Waals surface area contributed by atoms with Crippen LogP contribution in [-0.2, 0) is 0 Å². The van der Waals surface area contributed by atoms with Crippen LogP contribution >= 0.6 is 46.4 Å². The van der Waals surface area contributed by atoms with E-state index in [0.29, 0.717) is 0 Å². The fourth-order valence-corrected chi connectivity index (χ4v) is 1.26. The molecule has 0 fully saturated rings. The third-order valence-electron chi connectivity index (χ3n) is 1.01. The van der Waals surface area contributed by atoms with Crippen LogP contribution in [0.15, 0.2) is 25.9 Å². The summed E-state index contributed by atoms with van der Waals surface area (Å²) in [6, 6.07) is 0. The first-order valence-corrected chi connectivity index (χ1v) is 3.99. The Hall–Kier alpha value is 0.0900. The molecule has 1 aliphatic rings. The second kappa shape index (κ2) is 3.22. The summed E-state index contributed by atoms with van der Waals surface area (Å²) < 4.78 is 0. The van der Waals surface area contributed by atoms with Crippen LogP contribution in [-0.4, -0.2) is 5.11 Å². The Labute approximate surface area is 83.5 Å². The summed E-state index contributed by atoms with van der Waals surface area (Å²) in [6.07, 6.45) is 2.32. The Morgan fingerprint density at radius 2 is 1.45 bits per heavy atom. The van der Waals surface area contributed by atoms with Gasteiger partial charge in [0.25, 0.3) is 0 Å². The average Bonchev–Trinajstić information content (AvgIpc) is 1.97. The Balaban J connectivity index is 3.28. The predicted molar refractivity (Wildman–Crippen MR) is 46.8 cm³/mol. The fourth-order valence-electron chi connectivity index (χ4n) is 0.510. The minimum atomic E-state index is -0.300. The molecule has 0 amide bonds. The van der Waals surface area contributed by atoms with Gasteiger partial charge >= 0.3 is 5.76 Å². The van der Waals surface area contributed by atoms with Crippen molar-refractivity contribution >= 4 is 46.4 Å². The average molecular weight is 231 g/mol. The zero-order valence-electron chi connectivity index (χ0n) is 4.96. The lowest BCUT2D eigenvalue weighted by Gasteiger charge is -1.97. The molecule has 0 aliphatic heterocycles. The summed E-state index contributed by atoms with van der Waals surface area (Å²) in [5, 5.41) is 9.13. The molecule has 0 aromatic carbocycles. The van der Waals surface area contributed by atoms with E-state index in [1.807, 2.05) is 0 Å². The Bertz CT molecular complexity index is 281. The van der Waals surface area contributed by atoms with Crippen LogP contribution < -0.4 is 0 Å². The highest BCUT2D eigenvalue weighted by Crippen LogP contribution is 2.36. The normalized spacial score (nSPS) is 18.4. The van der Waals surface area contributed by atoms with Crippen LogP contribution in [0.2, 0.25) is 0 Å². The van der Waals surface area contributed by atoms with E-state index in [1.165, 1.54) is 0 Å². The van der Waals surface area contributed by atoms with E-state index in [4.69, 9.17) is 51.5 Å². The maximum atomic E-state index is 8.99. The third-order valence-corrected chi connectivity index (χ3v) is 2.71. The van der Waals surface area contributed by atoms with Gasteiger partial charge in [0.15, 0.2) is 10.1 Å². The summed E-state index contributed by atoms with van der Waals surface area (Å²) in [5.74, 6) is -0.300. The van der Waals surface area contributed by atoms with Gasteiger partial charge in [0.2, 0.25) is 10.1 Å². The molecule has 1 aliphatic carbocycles. The van der Waals surface area contributed by atoms with Crippen LogP contribution in [0, 0.1) is 6.08 Å². The van der Waals surface area contributed by atoms with Crippen LogP contribution in [0.25, 0.3) is 0 Å². The second-order valence-electron chi connectivity index (χ2n) is 1.73. The number of hydrogen-bond donors (Lipinski definition) is 1. The molecule has 0 unspecified atom stereocenters. The van der Waals surface area contributed by atoms with Crippen molar-refractivity contribution < 1.29 is 5.11 Å². The molecule has 11 heavy (non-hydrogen) atoms. The first-order valence-electron chi connectivity index (χ1n) is 2.48. The monoisotopic (exact) mass is 229 g/mol. The second-order valence-corrected chi connectivity index (χ2v) is 3.24. The maximum absolute atomic E-state index is 8.99. The first-order chi connectivity index (χ1) is 5.04. The van der Waals surface area contributed by atoms with Gasteiger partial charge in [0, 0.05) is 23.2 Å². The van der Waals surface area contributed by atoms with E-state index >= 15 is 0 Å². The minimum Gasteiger partial charge on any atom is -0.480 e. The first kappa shape index (κ1) is 9.18. The smallest absolute Gasteiger partial charge is 0.310 e. The number of aliphatic hydroxyl groups is 1. The molecule has 0 aromatic rings. The maximum Gasteiger partial charge on any atom is 0.310 e. The van der Waals surface area contributed by atoms with Crippen LogP contribution in [0.3, 0.4) is 0 Å². The molecule has 0 heterocycles. The molecule has 0 radical (unpaired) electrons. The van der Waals surface area contributed by atoms with Gasteiger partial charge < -0.3 is 5.11 Å². The number of halogens is 4. The van der Waals surface area contributed by atoms with Crippen molar-refractivity contribution in [3.05, 3.63) is 32.0 Å². The van der Waals surface area contributed by atoms with Gasteiger partial charge in [0.1, 0.15) is 6.08 Å². The molecule has 0 bridgehead atoms. The number of rotatable bonds is 0. The molecule has 0 spiro atoms. The van der Waals surface area contributed by atoms with E-state index < -0.39 is 0 Å². The van der Waals surface area contributed by atoms with Gasteiger partial charge in [-0.05, 0) is 23.2 Å². The molecular formula is C6HCl4O+. The Morgan fingerprint density at radius 3 is 2.00 bits per heavy atom. The fraction of sp³-hybridized carbons (Fsp3) is 0. The Morgan fingerprint density at radius 1 is 0.909 bits per heavy atom. The highest BCUT2D eigenvalue weighted by atomic mass is 35.5. The molecule has 1 N–H and O–H groups in total. The Kier molecular flexibility index (Phi) is 2.69. The molecule has 58 valence electrons. The predicted octanol–water partition coefficient (Wildman–Crippen LogP) is 3.62. The van der Waals surface area contributed by atoms with Gasteiger partial charge in [-0.3, -0.25) is 0 Å². The van der Waals surface area contributed by atoms with Gasteiger partial charge in [0.05, 0.1) is 0 Å². The van der Waals surface area contributed by atoms with E-state index in [1.54, 1.807) is 0 Å². The summed E-state index contributed by atoms with van der Waals surface area (Å²) in [4.78, 5) is 0. The summed E-state index contributed by atoms with van der Waals surface area (Å²) >= 11 is 22.1. The summed E-state index contributed by atoms with van der Waals surface area (Å²) in [5.41, 5.74) is 0. The minimum absolute atomic E-state index is 0.0367. The van der Waals surface area contributed by atoms with Gasteiger partial charge in [-0.25, -0.2) is 0 Å². The highest BCUT2D eigenvalue weighted by molar-refractivity contribution is 6.52. The van der Waals surface area contributed by atoms with Gasteiger partial charge in [-0.1, -0.05) is 0 Å². The van der Waals surface area contributed by atoms with Crippen molar-refractivity contribution in [2.24, 2.45) is 0 Å². The van der Waals surface area contributed by atoms with Gasteiger partial charge in [-0.15, -0.1) is 0 Å². The van der Waals surface area contributed by atoms with Crippen molar-refractivity contribution in [3.8, 4) is 0 Å². The van der Waals surface area contributed by atoms with E-state index in [0.717, 1.165) is 0 Å². The third kappa shape index (κ3) is 1.64. The van der Waals surface area contributed by atoms with E-state index in [9.17, 15) is 0 Å². The SMILES string of the molecule is OC1=[C+]C(Cl)=C(Cl)C(Cl)=C1Cl. The summed E-state index contributed by atoms with van der Waals surface area (Å²) in [6.45, 7) is 0. The molecule has 1 rings (SSSR count). The van der Waals surface area contributed by atoms with Crippen LogP contribution in [0.5, 0.6) is 0 Å². The quantitative estimate of drug-likeness (QED) is 0.631.